The second-order valence-corrected chi connectivity index (χ2v) is 5.33. The van der Waals surface area contributed by atoms with Crippen molar-refractivity contribution in [3.63, 3.8) is 0 Å². The van der Waals surface area contributed by atoms with E-state index in [2.05, 4.69) is 4.74 Å². The van der Waals surface area contributed by atoms with Gasteiger partial charge in [-0.1, -0.05) is 6.92 Å². The van der Waals surface area contributed by atoms with Crippen LogP contribution in [0.5, 0.6) is 0 Å². The van der Waals surface area contributed by atoms with Crippen LogP contribution >= 0.6 is 0 Å². The number of halogens is 3. The van der Waals surface area contributed by atoms with Gasteiger partial charge in [0.1, 0.15) is 11.6 Å². The maximum atomic E-state index is 14.4. The molecule has 9 heteroatoms. The zero-order chi connectivity index (χ0) is 19.6. The molecule has 0 aliphatic rings. The van der Waals surface area contributed by atoms with Crippen LogP contribution in [0.15, 0.2) is 17.1 Å². The summed E-state index contributed by atoms with van der Waals surface area (Å²) in [6, 6.07) is -0.685. The predicted molar refractivity (Wildman–Crippen MR) is 85.4 cm³/mol. The van der Waals surface area contributed by atoms with Crippen LogP contribution in [0.1, 0.15) is 36.7 Å². The summed E-state index contributed by atoms with van der Waals surface area (Å²) in [6.45, 7) is 3.03. The molecule has 0 aliphatic carbocycles. The fourth-order valence-electron chi connectivity index (χ4n) is 2.63. The minimum absolute atomic E-state index is 0.0450. The second kappa shape index (κ2) is 7.59. The maximum absolute atomic E-state index is 14.4. The van der Waals surface area contributed by atoms with Crippen molar-refractivity contribution >= 4 is 22.8 Å². The van der Waals surface area contributed by atoms with Gasteiger partial charge in [0.05, 0.1) is 24.6 Å². The van der Waals surface area contributed by atoms with Gasteiger partial charge in [-0.25, -0.2) is 22.8 Å². The number of hydrogen-bond donors (Lipinski definition) is 0. The Labute approximate surface area is 146 Å². The van der Waals surface area contributed by atoms with E-state index < -0.39 is 57.3 Å². The number of methoxy groups -OCH3 is 1. The summed E-state index contributed by atoms with van der Waals surface area (Å²) in [5, 5.41) is -0.589. The van der Waals surface area contributed by atoms with E-state index in [0.717, 1.165) is 17.9 Å². The fourth-order valence-corrected chi connectivity index (χ4v) is 2.63. The number of esters is 2. The smallest absolute Gasteiger partial charge is 0.343 e. The van der Waals surface area contributed by atoms with Gasteiger partial charge in [-0.2, -0.15) is 0 Å². The topological polar surface area (TPSA) is 74.6 Å². The molecule has 6 nitrogen and oxygen atoms in total. The van der Waals surface area contributed by atoms with E-state index in [1.54, 1.807) is 6.92 Å². The molecule has 0 unspecified atom stereocenters. The molecule has 1 aromatic carbocycles. The lowest BCUT2D eigenvalue weighted by Crippen LogP contribution is -2.27. The molecule has 0 saturated heterocycles. The van der Waals surface area contributed by atoms with Crippen LogP contribution in [0.4, 0.5) is 13.2 Å². The van der Waals surface area contributed by atoms with Gasteiger partial charge in [-0.15, -0.1) is 0 Å². The van der Waals surface area contributed by atoms with E-state index in [4.69, 9.17) is 4.74 Å². The molecule has 0 bridgehead atoms. The van der Waals surface area contributed by atoms with Crippen molar-refractivity contribution in [3.05, 3.63) is 45.5 Å². The van der Waals surface area contributed by atoms with Crippen LogP contribution in [0, 0.1) is 17.5 Å². The van der Waals surface area contributed by atoms with Crippen LogP contribution < -0.4 is 5.43 Å². The summed E-state index contributed by atoms with van der Waals surface area (Å²) in [4.78, 5) is 36.5. The number of pyridine rings is 1. The van der Waals surface area contributed by atoms with Gasteiger partial charge in [0.2, 0.25) is 5.43 Å². The third-order valence-electron chi connectivity index (χ3n) is 3.84. The zero-order valence-corrected chi connectivity index (χ0v) is 14.3. The number of nitrogens with zero attached hydrogens (tertiary/aromatic N) is 1. The summed E-state index contributed by atoms with van der Waals surface area (Å²) >= 11 is 0. The van der Waals surface area contributed by atoms with Gasteiger partial charge in [0.25, 0.3) is 0 Å². The molecule has 2 aromatic rings. The average molecular weight is 371 g/mol. The number of carbonyl (C=O) groups excluding carboxylic acids is 2. The fraction of sp³-hybridized carbons (Fsp3) is 0.353. The number of ether oxygens (including phenoxy) is 2. The van der Waals surface area contributed by atoms with Crippen molar-refractivity contribution in [2.24, 2.45) is 0 Å². The molecule has 0 amide bonds. The lowest BCUT2D eigenvalue weighted by Gasteiger charge is -2.20. The SMILES string of the molecule is CCOC(=O)c1cn([C@H](CC)C(=O)OC)c2c(F)c(F)c(F)cc2c1=O. The predicted octanol–water partition coefficient (Wildman–Crippen LogP) is 2.72. The van der Waals surface area contributed by atoms with Crippen molar-refractivity contribution < 1.29 is 32.2 Å². The molecule has 2 rings (SSSR count). The normalized spacial score (nSPS) is 12.1. The minimum Gasteiger partial charge on any atom is -0.467 e. The molecule has 0 radical (unpaired) electrons. The molecule has 1 aromatic heterocycles. The second-order valence-electron chi connectivity index (χ2n) is 5.33. The monoisotopic (exact) mass is 371 g/mol. The summed E-state index contributed by atoms with van der Waals surface area (Å²) in [5.74, 6) is -6.87. The highest BCUT2D eigenvalue weighted by atomic mass is 19.2. The third-order valence-corrected chi connectivity index (χ3v) is 3.84. The molecule has 0 fully saturated rings. The van der Waals surface area contributed by atoms with Crippen LogP contribution in [-0.2, 0) is 14.3 Å². The Morgan fingerprint density at radius 3 is 2.38 bits per heavy atom. The summed E-state index contributed by atoms with van der Waals surface area (Å²) in [5.41, 5.74) is -2.21. The molecule has 0 aliphatic heterocycles. The van der Waals surface area contributed by atoms with Crippen LogP contribution in [0.2, 0.25) is 0 Å². The first-order chi connectivity index (χ1) is 12.3. The van der Waals surface area contributed by atoms with Crippen LogP contribution in [0.3, 0.4) is 0 Å². The van der Waals surface area contributed by atoms with Crippen LogP contribution in [0.25, 0.3) is 10.9 Å². The Morgan fingerprint density at radius 1 is 1.19 bits per heavy atom. The molecule has 0 saturated carbocycles. The first kappa shape index (κ1) is 19.5. The maximum Gasteiger partial charge on any atom is 0.343 e. The molecular formula is C17H16F3NO5. The highest BCUT2D eigenvalue weighted by molar-refractivity contribution is 5.94. The Balaban J connectivity index is 2.98. The standard InChI is InChI=1S/C17H16F3NO5/c1-4-11(17(24)25-3)21-7-9(16(23)26-5-2)15(22)8-6-10(18)12(19)13(20)14(8)21/h6-7,11H,4-5H2,1-3H3/t11-/m1/s1. The first-order valence-electron chi connectivity index (χ1n) is 7.75. The van der Waals surface area contributed by atoms with Crippen molar-refractivity contribution in [2.75, 3.05) is 13.7 Å². The average Bonchev–Trinajstić information content (AvgIpc) is 2.62. The van der Waals surface area contributed by atoms with Gasteiger partial charge in [0, 0.05) is 6.20 Å². The van der Waals surface area contributed by atoms with Crippen molar-refractivity contribution in [1.82, 2.24) is 4.57 Å². The Morgan fingerprint density at radius 2 is 1.85 bits per heavy atom. The van der Waals surface area contributed by atoms with Gasteiger partial charge >= 0.3 is 11.9 Å². The number of aromatic nitrogens is 1. The first-order valence-corrected chi connectivity index (χ1v) is 7.75. The highest BCUT2D eigenvalue weighted by Crippen LogP contribution is 2.26. The van der Waals surface area contributed by atoms with Crippen molar-refractivity contribution in [1.29, 1.82) is 0 Å². The van der Waals surface area contributed by atoms with Gasteiger partial charge in [0.15, 0.2) is 17.5 Å². The Kier molecular flexibility index (Phi) is 5.69. The van der Waals surface area contributed by atoms with E-state index in [-0.39, 0.29) is 13.0 Å². The zero-order valence-electron chi connectivity index (χ0n) is 14.3. The van der Waals surface area contributed by atoms with E-state index >= 15 is 0 Å². The van der Waals surface area contributed by atoms with E-state index in [9.17, 15) is 27.6 Å². The molecule has 0 N–H and O–H groups in total. The lowest BCUT2D eigenvalue weighted by atomic mass is 10.1. The van der Waals surface area contributed by atoms with Gasteiger partial charge < -0.3 is 14.0 Å². The summed E-state index contributed by atoms with van der Waals surface area (Å²) in [7, 11) is 1.10. The molecule has 1 heterocycles. The number of hydrogen-bond acceptors (Lipinski definition) is 5. The lowest BCUT2D eigenvalue weighted by molar-refractivity contribution is -0.144. The van der Waals surface area contributed by atoms with Crippen molar-refractivity contribution in [3.8, 4) is 0 Å². The highest BCUT2D eigenvalue weighted by Gasteiger charge is 2.28. The number of rotatable bonds is 5. The Bertz CT molecular complexity index is 938. The largest absolute Gasteiger partial charge is 0.467 e. The molecule has 0 spiro atoms. The molecule has 26 heavy (non-hydrogen) atoms. The van der Waals surface area contributed by atoms with Crippen molar-refractivity contribution in [2.45, 2.75) is 26.3 Å². The number of benzene rings is 1. The minimum atomic E-state index is -1.80. The van der Waals surface area contributed by atoms with Crippen LogP contribution in [-0.4, -0.2) is 30.2 Å². The summed E-state index contributed by atoms with van der Waals surface area (Å²) in [6.07, 6.45) is 0.972. The van der Waals surface area contributed by atoms with E-state index in [1.807, 2.05) is 0 Å². The molecular weight excluding hydrogens is 355 g/mol. The van der Waals surface area contributed by atoms with E-state index in [1.165, 1.54) is 6.92 Å². The van der Waals surface area contributed by atoms with Gasteiger partial charge in [-0.05, 0) is 19.4 Å². The quantitative estimate of drug-likeness (QED) is 0.597. The number of carbonyl (C=O) groups is 2. The number of fused-ring (bicyclic) bond motifs is 1. The van der Waals surface area contributed by atoms with Gasteiger partial charge in [-0.3, -0.25) is 4.79 Å². The van der Waals surface area contributed by atoms with E-state index in [0.29, 0.717) is 6.07 Å². The summed E-state index contributed by atoms with van der Waals surface area (Å²) < 4.78 is 52.1. The molecule has 1 atom stereocenters. The Hall–Kier alpha value is -2.84. The molecule has 140 valence electrons. The third kappa shape index (κ3) is 3.16.